The lowest BCUT2D eigenvalue weighted by atomic mass is 9.83. The smallest absolute Gasteiger partial charge is 0.870 e. The van der Waals surface area contributed by atoms with Crippen LogP contribution in [0.5, 0.6) is 17.2 Å². The average Bonchev–Trinajstić information content (AvgIpc) is 3.22. The predicted molar refractivity (Wildman–Crippen MR) is 297 cm³/mol. The summed E-state index contributed by atoms with van der Waals surface area (Å²) in [4.78, 5) is 70.3. The molecule has 0 aliphatic heterocycles. The number of phenols is 3. The first-order chi connectivity index (χ1) is 32.1. The lowest BCUT2D eigenvalue weighted by molar-refractivity contribution is -0.385. The van der Waals surface area contributed by atoms with Crippen LogP contribution >= 0.6 is 0 Å². The van der Waals surface area contributed by atoms with E-state index in [0.29, 0.717) is 24.8 Å². The summed E-state index contributed by atoms with van der Waals surface area (Å²) in [5.41, 5.74) is 0.587. The summed E-state index contributed by atoms with van der Waals surface area (Å²) in [6, 6.07) is 17.4. The normalized spacial score (nSPS) is 12.1. The number of carbonyl (C=O) groups is 3. The molecule has 0 aliphatic carbocycles. The molecular formula is C53H95N6O17-. The molecule has 0 saturated carbocycles. The summed E-state index contributed by atoms with van der Waals surface area (Å²) < 4.78 is 0. The maximum Gasteiger partial charge on any atom is 1.00 e. The van der Waals surface area contributed by atoms with E-state index in [-0.39, 0.29) is 113 Å². The molecule has 76 heavy (non-hydrogen) atoms. The van der Waals surface area contributed by atoms with Crippen LogP contribution < -0.4 is 16.0 Å². The summed E-state index contributed by atoms with van der Waals surface area (Å²) in [5, 5.41) is 66.1. The lowest BCUT2D eigenvalue weighted by Crippen LogP contribution is -2.51. The Balaban J connectivity index is -0.000000139. The van der Waals surface area contributed by atoms with Crippen LogP contribution in [0.4, 0.5) is 5.69 Å². The first kappa shape index (κ1) is 83.9. The molecule has 3 unspecified atom stereocenters. The molecule has 3 atom stereocenters. The van der Waals surface area contributed by atoms with Crippen molar-refractivity contribution in [2.75, 3.05) is 0 Å². The summed E-state index contributed by atoms with van der Waals surface area (Å²) >= 11 is 0. The van der Waals surface area contributed by atoms with Crippen molar-refractivity contribution in [2.45, 2.75) is 193 Å². The monoisotopic (exact) mass is 1090 g/mol. The number of nitrogens with zero attached hydrogens (tertiary/aromatic N) is 3. The van der Waals surface area contributed by atoms with Crippen LogP contribution in [0.2, 0.25) is 0 Å². The highest BCUT2D eigenvalue weighted by molar-refractivity contribution is 5.90. The van der Waals surface area contributed by atoms with Crippen molar-refractivity contribution in [1.82, 2.24) is 16.0 Å². The Labute approximate surface area is 451 Å². The molecule has 3 aromatic rings. The van der Waals surface area contributed by atoms with Crippen molar-refractivity contribution in [3.05, 3.63) is 103 Å². The maximum absolute atomic E-state index is 12.7. The molecule has 12 N–H and O–H groups in total. The molecule has 0 spiro atoms. The van der Waals surface area contributed by atoms with Gasteiger partial charge in [-0.1, -0.05) is 107 Å². The molecule has 0 bridgehead atoms. The standard InChI is InChI=1S/C17H26N2O4.2C17H27NO2.2CH4.2HNO3.3H2O/c1-16(2,3)15(21)12(18-17(4,5)6)9-11-7-8-14(20)13(10-11)19(22)23;2*1-16(2,3)15(20)14(18-17(4,5)6)11-12-7-9-13(19)10-8-12;;;2*2-1-4-3;;;/h7-8,10,12,18,20H,9H2,1-6H3;2*7-10,14,18-19H,11H2,1-6H3;2*1H4;2*3H;3*1H2/p-1. The van der Waals surface area contributed by atoms with E-state index >= 15 is 0 Å². The fourth-order valence-electron chi connectivity index (χ4n) is 6.58. The molecule has 440 valence electrons. The van der Waals surface area contributed by atoms with Gasteiger partial charge in [0.25, 0.3) is 0 Å². The number of ketones is 3. The number of aromatic hydroxyl groups is 3. The van der Waals surface area contributed by atoms with Crippen LogP contribution in [-0.4, -0.2) is 99.3 Å². The highest BCUT2D eigenvalue weighted by Crippen LogP contribution is 2.29. The second-order valence-corrected chi connectivity index (χ2v) is 23.0. The van der Waals surface area contributed by atoms with E-state index in [0.717, 1.165) is 11.1 Å². The van der Waals surface area contributed by atoms with Gasteiger partial charge >= 0.3 is 7.11 Å². The van der Waals surface area contributed by atoms with Gasteiger partial charge in [0.1, 0.15) is 11.5 Å². The quantitative estimate of drug-likeness (QED) is 0.0303. The number of carbonyl (C=O) groups excluding carboxylic acids is 3. The van der Waals surface area contributed by atoms with Gasteiger partial charge in [0.05, 0.1) is 23.0 Å². The van der Waals surface area contributed by atoms with E-state index in [4.69, 9.17) is 20.3 Å². The van der Waals surface area contributed by atoms with Gasteiger partial charge < -0.3 is 47.7 Å². The van der Waals surface area contributed by atoms with Crippen molar-refractivity contribution in [3.63, 3.8) is 0 Å². The SMILES string of the molecule is C.C.CC(C)(C)NC(Cc1ccc(O)c([N+](=O)[O-])c1)C(=O)C(C)(C)C.CC(C)(C)NC(Cc1ccc(O)cc1)C(=O)C(C)(C)C.CC(C)(C)NC(Cc1ccc(O)cc1)C(=O)C(C)(C)C.O.O=NOO.O=NOO.[H+].[OH-].[OH-]. The van der Waals surface area contributed by atoms with Crippen LogP contribution in [0.1, 0.15) is 158 Å². The van der Waals surface area contributed by atoms with Crippen molar-refractivity contribution in [2.24, 2.45) is 26.9 Å². The number of Topliss-reactive ketones (excluding diaryl/α,β-unsaturated/α-hetero) is 3. The number of rotatable bonds is 15. The predicted octanol–water partition coefficient (Wildman–Crippen LogP) is 10.3. The van der Waals surface area contributed by atoms with Gasteiger partial charge in [-0.15, -0.1) is 9.81 Å². The molecule has 0 radical (unpaired) electrons. The average molecular weight is 1090 g/mol. The van der Waals surface area contributed by atoms with Gasteiger partial charge in [0, 0.05) is 38.9 Å². The van der Waals surface area contributed by atoms with E-state index in [1.54, 1.807) is 41.0 Å². The Morgan fingerprint density at radius 2 is 0.750 bits per heavy atom. The molecular weight excluding hydrogens is 993 g/mol. The Kier molecular flexibility index (Phi) is 40.7. The fourth-order valence-corrected chi connectivity index (χ4v) is 6.58. The van der Waals surface area contributed by atoms with E-state index < -0.39 is 16.4 Å². The summed E-state index contributed by atoms with van der Waals surface area (Å²) in [6.07, 6.45) is 1.59. The fraction of sp³-hybridized carbons (Fsp3) is 0.604. The van der Waals surface area contributed by atoms with Gasteiger partial charge in [-0.2, -0.15) is 20.5 Å². The first-order valence-electron chi connectivity index (χ1n) is 22.9. The van der Waals surface area contributed by atoms with Crippen molar-refractivity contribution >= 4 is 23.0 Å². The Hall–Kier alpha value is -6.05. The van der Waals surface area contributed by atoms with E-state index in [9.17, 15) is 39.8 Å². The minimum Gasteiger partial charge on any atom is -0.870 e. The molecule has 0 fully saturated rings. The molecule has 0 amide bonds. The lowest BCUT2D eigenvalue weighted by Gasteiger charge is -2.32. The minimum atomic E-state index is -0.628. The van der Waals surface area contributed by atoms with Crippen LogP contribution in [0.25, 0.3) is 0 Å². The second-order valence-electron chi connectivity index (χ2n) is 23.0. The van der Waals surface area contributed by atoms with E-state index in [1.807, 2.05) is 107 Å². The second kappa shape index (κ2) is 36.8. The molecule has 23 nitrogen and oxygen atoms in total. The first-order valence-corrected chi connectivity index (χ1v) is 22.9. The highest BCUT2D eigenvalue weighted by atomic mass is 17.2. The third-order valence-electron chi connectivity index (χ3n) is 9.48. The number of nitro groups is 1. The van der Waals surface area contributed by atoms with Crippen molar-refractivity contribution < 1.29 is 73.0 Å². The van der Waals surface area contributed by atoms with E-state index in [2.05, 4.69) is 67.5 Å². The number of benzene rings is 3. The number of nitro benzene ring substituents is 1. The van der Waals surface area contributed by atoms with Crippen molar-refractivity contribution in [3.8, 4) is 17.2 Å². The summed E-state index contributed by atoms with van der Waals surface area (Å²) in [7, 11) is 0. The van der Waals surface area contributed by atoms with Gasteiger partial charge in [-0.05, 0) is 129 Å². The van der Waals surface area contributed by atoms with Gasteiger partial charge in [0.2, 0.25) is 0 Å². The largest absolute Gasteiger partial charge is 1.00 e. The Morgan fingerprint density at radius 1 is 0.526 bits per heavy atom. The van der Waals surface area contributed by atoms with Crippen LogP contribution in [0.3, 0.4) is 0 Å². The minimum absolute atomic E-state index is 0. The zero-order chi connectivity index (χ0) is 55.9. The number of hydrogen-bond acceptors (Lipinski definition) is 21. The molecule has 0 aliphatic rings. The third-order valence-corrected chi connectivity index (χ3v) is 9.48. The third kappa shape index (κ3) is 37.6. The molecule has 3 rings (SSSR count). The van der Waals surface area contributed by atoms with Gasteiger partial charge in [0.15, 0.2) is 33.8 Å². The van der Waals surface area contributed by atoms with Crippen LogP contribution in [0.15, 0.2) is 77.4 Å². The number of hydrogen-bond donors (Lipinski definition) is 8. The Morgan fingerprint density at radius 3 is 0.947 bits per heavy atom. The molecule has 0 heterocycles. The number of phenolic OH excluding ortho intramolecular Hbond substituents is 3. The zero-order valence-corrected chi connectivity index (χ0v) is 46.4. The summed E-state index contributed by atoms with van der Waals surface area (Å²) in [5.74, 6) is 0.581. The molecule has 0 aromatic heterocycles. The van der Waals surface area contributed by atoms with Gasteiger partial charge in [-0.25, -0.2) is 0 Å². The zero-order valence-electron chi connectivity index (χ0n) is 47.4. The topological polar surface area (TPSA) is 400 Å². The molecule has 3 aromatic carbocycles. The van der Waals surface area contributed by atoms with Crippen LogP contribution in [-0.2, 0) is 43.6 Å². The van der Waals surface area contributed by atoms with E-state index in [1.165, 1.54) is 12.1 Å². The Bertz CT molecular complexity index is 2030. The van der Waals surface area contributed by atoms with Crippen molar-refractivity contribution in [1.29, 1.82) is 0 Å². The highest BCUT2D eigenvalue weighted by Gasteiger charge is 2.34. The number of nitrogens with one attached hydrogen (secondary N) is 3. The van der Waals surface area contributed by atoms with Crippen LogP contribution in [0, 0.1) is 36.2 Å². The van der Waals surface area contributed by atoms with Gasteiger partial charge in [-0.3, -0.25) is 24.5 Å². The molecule has 23 heteroatoms. The molecule has 0 saturated heterocycles. The summed E-state index contributed by atoms with van der Waals surface area (Å²) in [6.45, 7) is 35.5. The maximum atomic E-state index is 12.7.